The molecular formula is SnZr4. The number of hydrogen-bond donors (Lipinski definition) is 0. The van der Waals surface area contributed by atoms with Crippen LogP contribution in [0.5, 0.6) is 0 Å². The van der Waals surface area contributed by atoms with E-state index in [1.165, 1.54) is 0 Å². The normalized spacial score (nSPS) is 0. The zero-order valence-corrected chi connectivity index (χ0v) is 15.2. The summed E-state index contributed by atoms with van der Waals surface area (Å²) in [5, 5.41) is 0. The summed E-state index contributed by atoms with van der Waals surface area (Å²) >= 11 is 0. The molecule has 0 heterocycles. The molecule has 0 bridgehead atoms. The van der Waals surface area contributed by atoms with Crippen LogP contribution in [0.15, 0.2) is 0 Å². The minimum absolute atomic E-state index is 0. The van der Waals surface area contributed by atoms with Crippen LogP contribution < -0.4 is 0 Å². The van der Waals surface area contributed by atoms with E-state index in [9.17, 15) is 0 Å². The Hall–Kier alpha value is 4.33. The molecule has 5 heteroatoms. The molecule has 0 saturated carbocycles. The van der Waals surface area contributed by atoms with Crippen molar-refractivity contribution >= 4 is 23.9 Å². The van der Waals surface area contributed by atoms with E-state index in [0.717, 1.165) is 0 Å². The van der Waals surface area contributed by atoms with Crippen LogP contribution in [0, 0.1) is 0 Å². The molecule has 0 amide bonds. The first-order valence-corrected chi connectivity index (χ1v) is 0. The van der Waals surface area contributed by atoms with Crippen molar-refractivity contribution in [3.05, 3.63) is 0 Å². The van der Waals surface area contributed by atoms with Crippen LogP contribution in [-0.2, 0) is 105 Å². The van der Waals surface area contributed by atoms with Gasteiger partial charge in [0.1, 0.15) is 0 Å². The van der Waals surface area contributed by atoms with E-state index in [1.54, 1.807) is 0 Å². The van der Waals surface area contributed by atoms with Crippen LogP contribution >= 0.6 is 0 Å². The van der Waals surface area contributed by atoms with Crippen molar-refractivity contribution in [1.29, 1.82) is 0 Å². The molecule has 0 nitrogen and oxygen atoms in total. The van der Waals surface area contributed by atoms with Crippen molar-refractivity contribution in [3.8, 4) is 0 Å². The second kappa shape index (κ2) is 23.9. The molecule has 0 atom stereocenters. The van der Waals surface area contributed by atoms with Crippen LogP contribution in [0.4, 0.5) is 0 Å². The minimum atomic E-state index is 0. The number of hydrogen-bond acceptors (Lipinski definition) is 0. The average Bonchev–Trinajstić information content (AvgIpc) is 0. The maximum absolute atomic E-state index is 0. The van der Waals surface area contributed by atoms with Crippen LogP contribution in [0.2, 0.25) is 0 Å². The Morgan fingerprint density at radius 3 is 0.400 bits per heavy atom. The van der Waals surface area contributed by atoms with Gasteiger partial charge in [0.05, 0.1) is 0 Å². The first-order valence-electron chi connectivity index (χ1n) is 0. The Labute approximate surface area is 125 Å². The molecule has 20 valence electrons. The summed E-state index contributed by atoms with van der Waals surface area (Å²) in [7, 11) is 0. The topological polar surface area (TPSA) is 0 Å². The van der Waals surface area contributed by atoms with Crippen molar-refractivity contribution in [2.45, 2.75) is 0 Å². The Morgan fingerprint density at radius 2 is 0.400 bits per heavy atom. The molecule has 0 N–H and O–H groups in total. The third kappa shape index (κ3) is 17.8. The molecule has 0 aromatic heterocycles. The van der Waals surface area contributed by atoms with E-state index in [-0.39, 0.29) is 129 Å². The SMILES string of the molecule is [Sn].[Zr].[Zr].[Zr].[Zr]. The summed E-state index contributed by atoms with van der Waals surface area (Å²) in [4.78, 5) is 0. The summed E-state index contributed by atoms with van der Waals surface area (Å²) in [6.45, 7) is 0. The van der Waals surface area contributed by atoms with Crippen molar-refractivity contribution in [1.82, 2.24) is 0 Å². The summed E-state index contributed by atoms with van der Waals surface area (Å²) in [5.41, 5.74) is 0. The molecule has 0 unspecified atom stereocenters. The summed E-state index contributed by atoms with van der Waals surface area (Å²) < 4.78 is 0. The molecule has 0 aliphatic rings. The van der Waals surface area contributed by atoms with Crippen molar-refractivity contribution in [3.63, 3.8) is 0 Å². The summed E-state index contributed by atoms with van der Waals surface area (Å²) in [6, 6.07) is 0. The molecule has 0 aromatic rings. The van der Waals surface area contributed by atoms with Crippen LogP contribution in [0.3, 0.4) is 0 Å². The Kier molecular flexibility index (Phi) is 165. The maximum Gasteiger partial charge on any atom is 0 e. The van der Waals surface area contributed by atoms with Crippen molar-refractivity contribution in [2.75, 3.05) is 0 Å². The van der Waals surface area contributed by atoms with Gasteiger partial charge >= 0.3 is 0 Å². The fourth-order valence-electron chi connectivity index (χ4n) is 0. The predicted molar refractivity (Wildman–Crippen MR) is 5.75 cm³/mol. The minimum Gasteiger partial charge on any atom is 0 e. The zero-order chi connectivity index (χ0) is 0. The second-order valence-corrected chi connectivity index (χ2v) is 0. The van der Waals surface area contributed by atoms with Gasteiger partial charge in [-0.3, -0.25) is 0 Å². The second-order valence-electron chi connectivity index (χ2n) is 0. The van der Waals surface area contributed by atoms with Gasteiger partial charge < -0.3 is 0 Å². The van der Waals surface area contributed by atoms with Gasteiger partial charge in [-0.05, 0) is 0 Å². The molecule has 0 rings (SSSR count). The fourth-order valence-corrected chi connectivity index (χ4v) is 0. The molecule has 0 aromatic carbocycles. The van der Waals surface area contributed by atoms with E-state index in [1.807, 2.05) is 0 Å². The van der Waals surface area contributed by atoms with Crippen LogP contribution in [0.1, 0.15) is 0 Å². The molecule has 0 aliphatic heterocycles. The van der Waals surface area contributed by atoms with Crippen LogP contribution in [-0.4, -0.2) is 23.9 Å². The fraction of sp³-hybridized carbons (Fsp3) is 0. The number of rotatable bonds is 0. The smallest absolute Gasteiger partial charge is 0 e. The van der Waals surface area contributed by atoms with E-state index in [4.69, 9.17) is 0 Å². The van der Waals surface area contributed by atoms with E-state index >= 15 is 0 Å². The van der Waals surface area contributed by atoms with Crippen LogP contribution in [0.25, 0.3) is 0 Å². The van der Waals surface area contributed by atoms with Gasteiger partial charge in [0.25, 0.3) is 0 Å². The van der Waals surface area contributed by atoms with Gasteiger partial charge in [0.2, 0.25) is 0 Å². The first kappa shape index (κ1) is 34.5. The molecule has 0 saturated heterocycles. The molecule has 0 aliphatic carbocycles. The largest absolute Gasteiger partial charge is 0 e. The molecular weight excluding hydrogens is 484 g/mol. The van der Waals surface area contributed by atoms with Gasteiger partial charge in [0, 0.05) is 129 Å². The molecule has 0 fully saturated rings. The zero-order valence-electron chi connectivity index (χ0n) is 2.50. The predicted octanol–water partition coefficient (Wildman–Crippen LogP) is -0.391. The van der Waals surface area contributed by atoms with Gasteiger partial charge in [0.15, 0.2) is 0 Å². The Bertz CT molecular complexity index is 3.61. The molecule has 4 radical (unpaired) electrons. The Balaban J connectivity index is 0. The van der Waals surface area contributed by atoms with Crippen molar-refractivity contribution in [2.24, 2.45) is 0 Å². The van der Waals surface area contributed by atoms with E-state index in [0.29, 0.717) is 0 Å². The summed E-state index contributed by atoms with van der Waals surface area (Å²) in [5.74, 6) is 0. The third-order valence-corrected chi connectivity index (χ3v) is 0. The van der Waals surface area contributed by atoms with Gasteiger partial charge in [-0.2, -0.15) is 0 Å². The van der Waals surface area contributed by atoms with Crippen molar-refractivity contribution < 1.29 is 105 Å². The molecule has 5 heavy (non-hydrogen) atoms. The maximum atomic E-state index is 0. The quantitative estimate of drug-likeness (QED) is 0.412. The average molecular weight is 484 g/mol. The monoisotopic (exact) mass is 480 g/mol. The Morgan fingerprint density at radius 1 is 0.400 bits per heavy atom. The van der Waals surface area contributed by atoms with Gasteiger partial charge in [-0.25, -0.2) is 0 Å². The first-order chi connectivity index (χ1) is 0. The van der Waals surface area contributed by atoms with Gasteiger partial charge in [-0.15, -0.1) is 0 Å². The molecule has 0 spiro atoms. The summed E-state index contributed by atoms with van der Waals surface area (Å²) in [6.07, 6.45) is 0. The third-order valence-electron chi connectivity index (χ3n) is 0. The van der Waals surface area contributed by atoms with Gasteiger partial charge in [-0.1, -0.05) is 0 Å². The van der Waals surface area contributed by atoms with E-state index in [2.05, 4.69) is 0 Å². The standard InChI is InChI=1S/Sn.4Zr. The van der Waals surface area contributed by atoms with E-state index < -0.39 is 0 Å².